The molecule has 0 aliphatic heterocycles. The molecule has 2 aromatic heterocycles. The molecule has 1 N–H and O–H groups in total. The number of aromatic nitrogens is 2. The van der Waals surface area contributed by atoms with E-state index in [1.54, 1.807) is 22.2 Å². The van der Waals surface area contributed by atoms with Gasteiger partial charge in [-0.25, -0.2) is 4.79 Å². The van der Waals surface area contributed by atoms with Crippen LogP contribution in [0.5, 0.6) is 0 Å². The molecule has 0 aliphatic rings. The van der Waals surface area contributed by atoms with E-state index in [9.17, 15) is 9.90 Å². The van der Waals surface area contributed by atoms with Crippen LogP contribution in [0.3, 0.4) is 0 Å². The van der Waals surface area contributed by atoms with Gasteiger partial charge in [-0.3, -0.25) is 4.68 Å². The lowest BCUT2D eigenvalue weighted by molar-refractivity contribution is 0.0697. The van der Waals surface area contributed by atoms with Crippen LogP contribution in [-0.4, -0.2) is 20.9 Å². The van der Waals surface area contributed by atoms with Crippen LogP contribution in [0.2, 0.25) is 0 Å². The van der Waals surface area contributed by atoms with Crippen LogP contribution in [0, 0.1) is 12.8 Å². The molecule has 102 valence electrons. The highest BCUT2D eigenvalue weighted by molar-refractivity contribution is 7.15. The molecule has 2 heterocycles. The van der Waals surface area contributed by atoms with E-state index in [4.69, 9.17) is 0 Å². The van der Waals surface area contributed by atoms with Gasteiger partial charge in [-0.05, 0) is 31.4 Å². The van der Waals surface area contributed by atoms with Crippen LogP contribution in [-0.2, 0) is 6.54 Å². The Labute approximate surface area is 116 Å². The number of rotatable bonds is 5. The third-order valence-electron chi connectivity index (χ3n) is 2.90. The van der Waals surface area contributed by atoms with Gasteiger partial charge in [0.05, 0.1) is 4.88 Å². The molecule has 4 nitrogen and oxygen atoms in total. The Kier molecular flexibility index (Phi) is 4.04. The summed E-state index contributed by atoms with van der Waals surface area (Å²) < 4.78 is 1.74. The maximum atomic E-state index is 11.3. The number of carbonyl (C=O) groups is 1. The highest BCUT2D eigenvalue weighted by Gasteiger charge is 2.18. The van der Waals surface area contributed by atoms with Crippen LogP contribution in [0.15, 0.2) is 18.3 Å². The Morgan fingerprint density at radius 2 is 2.21 bits per heavy atom. The lowest BCUT2D eigenvalue weighted by Gasteiger charge is -2.03. The van der Waals surface area contributed by atoms with Crippen molar-refractivity contribution in [2.45, 2.75) is 33.7 Å². The number of hydrogen-bond acceptors (Lipinski definition) is 3. The van der Waals surface area contributed by atoms with Crippen molar-refractivity contribution in [3.63, 3.8) is 0 Å². The summed E-state index contributed by atoms with van der Waals surface area (Å²) in [4.78, 5) is 13.4. The molecule has 0 saturated heterocycles. The fourth-order valence-corrected chi connectivity index (χ4v) is 2.69. The number of carboxylic acid groups (broad SMARTS) is 1. The Hall–Kier alpha value is -1.62. The quantitative estimate of drug-likeness (QED) is 0.908. The predicted octanol–water partition coefficient (Wildman–Crippen LogP) is 3.66. The van der Waals surface area contributed by atoms with Gasteiger partial charge < -0.3 is 5.11 Å². The van der Waals surface area contributed by atoms with E-state index >= 15 is 0 Å². The van der Waals surface area contributed by atoms with E-state index in [1.165, 1.54) is 0 Å². The molecule has 19 heavy (non-hydrogen) atoms. The lowest BCUT2D eigenvalue weighted by atomic mass is 10.1. The number of aryl methyl sites for hydroxylation is 2. The molecule has 0 unspecified atom stereocenters. The van der Waals surface area contributed by atoms with Crippen molar-refractivity contribution in [1.82, 2.24) is 9.78 Å². The van der Waals surface area contributed by atoms with E-state index in [0.717, 1.165) is 22.7 Å². The standard InChI is InChI=1S/C14H18N2O2S/c1-9(2)6-7-16-8-11(14(17)18)13(15-16)12-5-4-10(3)19-12/h4-5,8-9H,6-7H2,1-3H3,(H,17,18). The summed E-state index contributed by atoms with van der Waals surface area (Å²) in [6.07, 6.45) is 2.62. The molecule has 0 aliphatic carbocycles. The maximum Gasteiger partial charge on any atom is 0.339 e. The van der Waals surface area contributed by atoms with Crippen molar-refractivity contribution in [3.8, 4) is 10.6 Å². The van der Waals surface area contributed by atoms with Crippen molar-refractivity contribution < 1.29 is 9.90 Å². The Morgan fingerprint density at radius 3 is 2.74 bits per heavy atom. The highest BCUT2D eigenvalue weighted by Crippen LogP contribution is 2.29. The number of thiophene rings is 1. The summed E-state index contributed by atoms with van der Waals surface area (Å²) in [6, 6.07) is 3.92. The van der Waals surface area contributed by atoms with E-state index in [2.05, 4.69) is 18.9 Å². The lowest BCUT2D eigenvalue weighted by Crippen LogP contribution is -2.02. The van der Waals surface area contributed by atoms with Gasteiger partial charge in [0.25, 0.3) is 0 Å². The second-order valence-electron chi connectivity index (χ2n) is 5.05. The largest absolute Gasteiger partial charge is 0.478 e. The first-order valence-electron chi connectivity index (χ1n) is 6.35. The summed E-state index contributed by atoms with van der Waals surface area (Å²) in [5.74, 6) is -0.346. The molecule has 0 aromatic carbocycles. The topological polar surface area (TPSA) is 55.1 Å². The molecule has 0 atom stereocenters. The summed E-state index contributed by atoms with van der Waals surface area (Å²) in [7, 11) is 0. The molecule has 0 radical (unpaired) electrons. The minimum absolute atomic E-state index is 0.283. The first-order valence-corrected chi connectivity index (χ1v) is 7.16. The fourth-order valence-electron chi connectivity index (χ4n) is 1.83. The molecular formula is C14H18N2O2S. The smallest absolute Gasteiger partial charge is 0.339 e. The zero-order valence-corrected chi connectivity index (χ0v) is 12.2. The Balaban J connectivity index is 2.33. The van der Waals surface area contributed by atoms with Crippen molar-refractivity contribution in [2.24, 2.45) is 5.92 Å². The zero-order chi connectivity index (χ0) is 14.0. The third kappa shape index (κ3) is 3.23. The van der Waals surface area contributed by atoms with Crippen LogP contribution >= 0.6 is 11.3 Å². The number of carboxylic acids is 1. The predicted molar refractivity (Wildman–Crippen MR) is 76.7 cm³/mol. The second kappa shape index (κ2) is 5.57. The fraction of sp³-hybridized carbons (Fsp3) is 0.429. The minimum Gasteiger partial charge on any atom is -0.478 e. The Bertz CT molecular complexity index is 584. The second-order valence-corrected chi connectivity index (χ2v) is 6.34. The van der Waals surface area contributed by atoms with Crippen molar-refractivity contribution >= 4 is 17.3 Å². The van der Waals surface area contributed by atoms with Gasteiger partial charge in [0.15, 0.2) is 0 Å². The van der Waals surface area contributed by atoms with E-state index in [0.29, 0.717) is 11.6 Å². The zero-order valence-electron chi connectivity index (χ0n) is 11.4. The van der Waals surface area contributed by atoms with Crippen molar-refractivity contribution in [2.75, 3.05) is 0 Å². The number of aromatic carboxylic acids is 1. The first-order chi connectivity index (χ1) is 8.97. The average molecular weight is 278 g/mol. The summed E-state index contributed by atoms with van der Waals surface area (Å²) in [6.45, 7) is 7.04. The molecule has 0 saturated carbocycles. The van der Waals surface area contributed by atoms with Crippen LogP contribution in [0.1, 0.15) is 35.5 Å². The minimum atomic E-state index is -0.920. The van der Waals surface area contributed by atoms with Crippen molar-refractivity contribution in [1.29, 1.82) is 0 Å². The molecule has 2 aromatic rings. The van der Waals surface area contributed by atoms with Crippen LogP contribution < -0.4 is 0 Å². The average Bonchev–Trinajstić information content (AvgIpc) is 2.92. The number of hydrogen-bond donors (Lipinski definition) is 1. The molecule has 0 bridgehead atoms. The summed E-state index contributed by atoms with van der Waals surface area (Å²) in [5, 5.41) is 13.7. The molecule has 2 rings (SSSR count). The van der Waals surface area contributed by atoms with Gasteiger partial charge in [-0.2, -0.15) is 5.10 Å². The summed E-state index contributed by atoms with van der Waals surface area (Å²) >= 11 is 1.57. The van der Waals surface area contributed by atoms with Crippen LogP contribution in [0.25, 0.3) is 10.6 Å². The van der Waals surface area contributed by atoms with Gasteiger partial charge in [0.2, 0.25) is 0 Å². The SMILES string of the molecule is Cc1ccc(-c2nn(CCC(C)C)cc2C(=O)O)s1. The Morgan fingerprint density at radius 1 is 1.47 bits per heavy atom. The number of nitrogens with zero attached hydrogens (tertiary/aromatic N) is 2. The highest BCUT2D eigenvalue weighted by atomic mass is 32.1. The van der Waals surface area contributed by atoms with E-state index in [-0.39, 0.29) is 5.56 Å². The van der Waals surface area contributed by atoms with Crippen molar-refractivity contribution in [3.05, 3.63) is 28.8 Å². The van der Waals surface area contributed by atoms with Gasteiger partial charge in [0, 0.05) is 17.6 Å². The maximum absolute atomic E-state index is 11.3. The van der Waals surface area contributed by atoms with Gasteiger partial charge in [-0.15, -0.1) is 11.3 Å². The van der Waals surface area contributed by atoms with E-state index in [1.807, 2.05) is 19.1 Å². The molecule has 5 heteroatoms. The third-order valence-corrected chi connectivity index (χ3v) is 3.91. The monoisotopic (exact) mass is 278 g/mol. The molecule has 0 spiro atoms. The summed E-state index contributed by atoms with van der Waals surface area (Å²) in [5.41, 5.74) is 0.861. The van der Waals surface area contributed by atoms with Gasteiger partial charge in [-0.1, -0.05) is 13.8 Å². The first kappa shape index (κ1) is 13.8. The van der Waals surface area contributed by atoms with E-state index < -0.39 is 5.97 Å². The molecular weight excluding hydrogens is 260 g/mol. The molecule has 0 fully saturated rings. The molecule has 0 amide bonds. The van der Waals surface area contributed by atoms with Crippen LogP contribution in [0.4, 0.5) is 0 Å². The normalized spacial score (nSPS) is 11.2. The van der Waals surface area contributed by atoms with Gasteiger partial charge in [0.1, 0.15) is 11.3 Å². The van der Waals surface area contributed by atoms with Gasteiger partial charge >= 0.3 is 5.97 Å².